The fourth-order valence-electron chi connectivity index (χ4n) is 4.88. The highest BCUT2D eigenvalue weighted by Crippen LogP contribution is 2.28. The maximum Gasteiger partial charge on any atom is 0.317 e. The highest BCUT2D eigenvalue weighted by Gasteiger charge is 2.41. The Bertz CT molecular complexity index is 1200. The van der Waals surface area contributed by atoms with Gasteiger partial charge >= 0.3 is 47.8 Å². The number of hydrogen-bond acceptors (Lipinski definition) is 13. The van der Waals surface area contributed by atoms with Gasteiger partial charge in [-0.2, -0.15) is 0 Å². The number of aliphatic carboxylic acids is 8. The third-order valence-electron chi connectivity index (χ3n) is 6.10. The van der Waals surface area contributed by atoms with E-state index in [0.29, 0.717) is 0 Å². The third-order valence-corrected chi connectivity index (χ3v) is 6.10. The van der Waals surface area contributed by atoms with E-state index in [1.165, 1.54) is 24.3 Å². The molecule has 0 fully saturated rings. The lowest BCUT2D eigenvalue weighted by molar-refractivity contribution is -0.146. The van der Waals surface area contributed by atoms with Crippen LogP contribution in [0, 0.1) is 0 Å². The van der Waals surface area contributed by atoms with Gasteiger partial charge in [-0.15, -0.1) is 0 Å². The molecule has 0 saturated carbocycles. The Morgan fingerprint density at radius 1 is 0.458 bits per heavy atom. The van der Waals surface area contributed by atoms with Crippen molar-refractivity contribution >= 4 is 47.8 Å². The van der Waals surface area contributed by atoms with Crippen LogP contribution < -0.4 is 4.74 Å². The van der Waals surface area contributed by atoms with Crippen LogP contribution in [0.5, 0.6) is 5.75 Å². The van der Waals surface area contributed by atoms with Gasteiger partial charge in [0.2, 0.25) is 0 Å². The second kappa shape index (κ2) is 19.3. The summed E-state index contributed by atoms with van der Waals surface area (Å²) in [4.78, 5) is 96.4. The molecule has 0 aliphatic rings. The Labute approximate surface area is 271 Å². The van der Waals surface area contributed by atoms with Crippen molar-refractivity contribution in [1.82, 2.24) is 19.6 Å². The summed E-state index contributed by atoms with van der Waals surface area (Å²) >= 11 is 0. The number of hydrogen-bond donors (Lipinski definition) is 8. The molecule has 0 amide bonds. The Hall–Kier alpha value is -5.38. The number of rotatable bonds is 26. The number of para-hydroxylation sites is 1. The molecule has 0 spiro atoms. The van der Waals surface area contributed by atoms with Crippen molar-refractivity contribution in [3.8, 4) is 5.75 Å². The Morgan fingerprint density at radius 3 is 1.02 bits per heavy atom. The molecule has 0 bridgehead atoms. The summed E-state index contributed by atoms with van der Waals surface area (Å²) in [5.41, 5.74) is -2.11. The van der Waals surface area contributed by atoms with Crippen molar-refractivity contribution in [3.63, 3.8) is 0 Å². The van der Waals surface area contributed by atoms with Crippen molar-refractivity contribution < 1.29 is 83.9 Å². The van der Waals surface area contributed by atoms with Crippen molar-refractivity contribution in [2.45, 2.75) is 12.1 Å². The van der Waals surface area contributed by atoms with Crippen molar-refractivity contribution in [2.24, 2.45) is 0 Å². The van der Waals surface area contributed by atoms with E-state index >= 15 is 0 Å². The van der Waals surface area contributed by atoms with Gasteiger partial charge in [0, 0.05) is 31.7 Å². The van der Waals surface area contributed by atoms with E-state index in [4.69, 9.17) is 4.74 Å². The Morgan fingerprint density at radius 2 is 0.729 bits per heavy atom. The van der Waals surface area contributed by atoms with Crippen molar-refractivity contribution in [1.29, 1.82) is 0 Å². The van der Waals surface area contributed by atoms with Crippen LogP contribution in [0.15, 0.2) is 24.3 Å². The summed E-state index contributed by atoms with van der Waals surface area (Å²) in [5, 5.41) is 75.6. The standard InChI is InChI=1S/C27H36N4O17/c32-19(33)6-28(7-20(34)35)5-17-3-1-2-4-18(17)48-27(14-29(8-21(36)37)9-22(38)39,15-30(10-23(40)41)11-24(42)43)16-31(12-25(44)45)13-26(46)47/h1-4H,5-16H2,(H,32,33)(H,34,35)(H,36,37)(H,38,39)(H,40,41)(H,42,43)(H,44,45)(H,46,47). The molecule has 0 radical (unpaired) electrons. The van der Waals surface area contributed by atoms with Gasteiger partial charge in [-0.05, 0) is 6.07 Å². The molecule has 21 heteroatoms. The van der Waals surface area contributed by atoms with Gasteiger partial charge in [-0.25, -0.2) is 0 Å². The summed E-state index contributed by atoms with van der Waals surface area (Å²) in [6.45, 7) is -10.1. The third kappa shape index (κ3) is 16.8. The van der Waals surface area contributed by atoms with Gasteiger partial charge in [-0.3, -0.25) is 58.0 Å². The molecule has 0 heterocycles. The van der Waals surface area contributed by atoms with E-state index in [1.807, 2.05) is 0 Å². The van der Waals surface area contributed by atoms with Crippen LogP contribution in [0.25, 0.3) is 0 Å². The zero-order valence-electron chi connectivity index (χ0n) is 25.3. The number of nitrogens with zero attached hydrogens (tertiary/aromatic N) is 4. The lowest BCUT2D eigenvalue weighted by atomic mass is 9.99. The molecule has 1 aromatic rings. The van der Waals surface area contributed by atoms with Gasteiger partial charge in [-0.1, -0.05) is 18.2 Å². The van der Waals surface area contributed by atoms with Gasteiger partial charge < -0.3 is 45.6 Å². The minimum atomic E-state index is -2.21. The van der Waals surface area contributed by atoms with Crippen LogP contribution in [0.3, 0.4) is 0 Å². The van der Waals surface area contributed by atoms with Crippen LogP contribution in [0.4, 0.5) is 0 Å². The maximum atomic E-state index is 11.7. The molecule has 0 aromatic heterocycles. The molecule has 21 nitrogen and oxygen atoms in total. The monoisotopic (exact) mass is 688 g/mol. The molecule has 0 aliphatic heterocycles. The first kappa shape index (κ1) is 40.6. The zero-order chi connectivity index (χ0) is 36.6. The predicted octanol–water partition coefficient (Wildman–Crippen LogP) is -2.81. The lowest BCUT2D eigenvalue weighted by Gasteiger charge is -2.43. The number of benzene rings is 1. The first-order chi connectivity index (χ1) is 22.3. The number of ether oxygens (including phenoxy) is 1. The molecular weight excluding hydrogens is 652 g/mol. The average molecular weight is 689 g/mol. The predicted molar refractivity (Wildman–Crippen MR) is 155 cm³/mol. The number of carbonyl (C=O) groups is 8. The van der Waals surface area contributed by atoms with Crippen LogP contribution in [-0.4, -0.2) is 186 Å². The molecule has 0 atom stereocenters. The van der Waals surface area contributed by atoms with E-state index in [2.05, 4.69) is 0 Å². The summed E-state index contributed by atoms with van der Waals surface area (Å²) in [5.74, 6) is -12.2. The molecule has 1 aromatic carbocycles. The minimum absolute atomic E-state index is 0.0958. The van der Waals surface area contributed by atoms with E-state index in [1.54, 1.807) is 0 Å². The van der Waals surface area contributed by atoms with E-state index < -0.39 is 132 Å². The van der Waals surface area contributed by atoms with E-state index in [0.717, 1.165) is 19.6 Å². The number of carboxylic acid groups (broad SMARTS) is 8. The Balaban J connectivity index is 4.03. The summed E-state index contributed by atoms with van der Waals surface area (Å²) in [6, 6.07) is 5.50. The van der Waals surface area contributed by atoms with Crippen molar-refractivity contribution in [2.75, 3.05) is 72.0 Å². The fourth-order valence-corrected chi connectivity index (χ4v) is 4.88. The smallest absolute Gasteiger partial charge is 0.317 e. The second-order valence-electron chi connectivity index (χ2n) is 10.6. The van der Waals surface area contributed by atoms with E-state index in [-0.39, 0.29) is 11.3 Å². The summed E-state index contributed by atoms with van der Waals surface area (Å²) in [6.07, 6.45) is 0. The molecule has 0 unspecified atom stereocenters. The van der Waals surface area contributed by atoms with Gasteiger partial charge in [0.1, 0.15) is 11.4 Å². The minimum Gasteiger partial charge on any atom is -0.483 e. The zero-order valence-corrected chi connectivity index (χ0v) is 25.3. The lowest BCUT2D eigenvalue weighted by Crippen LogP contribution is -2.62. The normalized spacial score (nSPS) is 11.5. The van der Waals surface area contributed by atoms with E-state index in [9.17, 15) is 79.2 Å². The molecular formula is C27H36N4O17. The summed E-state index contributed by atoms with van der Waals surface area (Å²) < 4.78 is 6.32. The maximum absolute atomic E-state index is 11.7. The quantitative estimate of drug-likeness (QED) is 0.0487. The van der Waals surface area contributed by atoms with Gasteiger partial charge in [0.25, 0.3) is 0 Å². The molecule has 48 heavy (non-hydrogen) atoms. The first-order valence-corrected chi connectivity index (χ1v) is 13.7. The topological polar surface area (TPSA) is 321 Å². The summed E-state index contributed by atoms with van der Waals surface area (Å²) in [7, 11) is 0. The second-order valence-corrected chi connectivity index (χ2v) is 10.6. The van der Waals surface area contributed by atoms with Crippen LogP contribution in [0.1, 0.15) is 5.56 Å². The molecule has 0 saturated heterocycles. The first-order valence-electron chi connectivity index (χ1n) is 13.7. The molecule has 0 aliphatic carbocycles. The number of carboxylic acids is 8. The van der Waals surface area contributed by atoms with Crippen LogP contribution >= 0.6 is 0 Å². The van der Waals surface area contributed by atoms with Gasteiger partial charge in [0.05, 0.1) is 52.4 Å². The highest BCUT2D eigenvalue weighted by molar-refractivity contribution is 5.74. The van der Waals surface area contributed by atoms with Crippen molar-refractivity contribution in [3.05, 3.63) is 29.8 Å². The largest absolute Gasteiger partial charge is 0.483 e. The molecule has 266 valence electrons. The molecule has 8 N–H and O–H groups in total. The van der Waals surface area contributed by atoms with Crippen LogP contribution in [0.2, 0.25) is 0 Å². The SMILES string of the molecule is O=C(O)CN(CC(=O)O)Cc1ccccc1OC(CN(CC(=O)O)CC(=O)O)(CN(CC(=O)O)CC(=O)O)CN(CC(=O)O)CC(=O)O. The van der Waals surface area contributed by atoms with Crippen LogP contribution in [-0.2, 0) is 44.9 Å². The fraction of sp³-hybridized carbons (Fsp3) is 0.481. The molecule has 1 rings (SSSR count). The van der Waals surface area contributed by atoms with Gasteiger partial charge in [0.15, 0.2) is 0 Å². The Kier molecular flexibility index (Phi) is 16.4. The average Bonchev–Trinajstić information content (AvgIpc) is 2.86. The highest BCUT2D eigenvalue weighted by atomic mass is 16.5.